The van der Waals surface area contributed by atoms with Crippen molar-refractivity contribution in [1.29, 1.82) is 0 Å². The maximum absolute atomic E-state index is 5.55. The van der Waals surface area contributed by atoms with E-state index in [4.69, 9.17) is 4.12 Å². The highest BCUT2D eigenvalue weighted by Crippen LogP contribution is 2.05. The quantitative estimate of drug-likeness (QED) is 0.361. The molecule has 0 radical (unpaired) electrons. The maximum atomic E-state index is 5.55. The molecular formula is C12H26OSi2. The molecule has 0 bridgehead atoms. The molecule has 0 rings (SSSR count). The molecule has 0 aromatic rings. The van der Waals surface area contributed by atoms with E-state index in [2.05, 4.69) is 43.9 Å². The molecule has 0 aromatic carbocycles. The number of allylic oxidation sites excluding steroid dienone is 3. The van der Waals surface area contributed by atoms with Crippen LogP contribution in [0.4, 0.5) is 0 Å². The highest BCUT2D eigenvalue weighted by molar-refractivity contribution is 6.78. The molecule has 0 saturated heterocycles. The average Bonchev–Trinajstić information content (AvgIpc) is 2.22. The summed E-state index contributed by atoms with van der Waals surface area (Å²) < 4.78 is 5.55. The van der Waals surface area contributed by atoms with Crippen LogP contribution in [0.5, 0.6) is 0 Å². The molecule has 1 nitrogen and oxygen atoms in total. The van der Waals surface area contributed by atoms with Gasteiger partial charge in [-0.2, -0.15) is 0 Å². The Bertz CT molecular complexity index is 198. The minimum Gasteiger partial charge on any atom is -0.461 e. The Morgan fingerprint density at radius 3 is 2.47 bits per heavy atom. The molecule has 0 spiro atoms. The third-order valence-corrected chi connectivity index (χ3v) is 7.70. The van der Waals surface area contributed by atoms with Crippen molar-refractivity contribution < 1.29 is 4.12 Å². The van der Waals surface area contributed by atoms with Crippen molar-refractivity contribution in [1.82, 2.24) is 0 Å². The Labute approximate surface area is 99.3 Å². The van der Waals surface area contributed by atoms with Crippen molar-refractivity contribution >= 4 is 18.8 Å². The maximum Gasteiger partial charge on any atom is 0.198 e. The van der Waals surface area contributed by atoms with Gasteiger partial charge in [0.15, 0.2) is 8.32 Å². The topological polar surface area (TPSA) is 9.23 Å². The summed E-state index contributed by atoms with van der Waals surface area (Å²) in [6.45, 7) is 6.70. The smallest absolute Gasteiger partial charge is 0.198 e. The second-order valence-corrected chi connectivity index (χ2v) is 9.62. The fraction of sp³-hybridized carbons (Fsp3) is 0.667. The second-order valence-electron chi connectivity index (χ2n) is 4.44. The van der Waals surface area contributed by atoms with Crippen LogP contribution in [0.15, 0.2) is 23.9 Å². The summed E-state index contributed by atoms with van der Waals surface area (Å²) in [6, 6.07) is 0. The van der Waals surface area contributed by atoms with Crippen LogP contribution < -0.4 is 0 Å². The molecule has 0 fully saturated rings. The monoisotopic (exact) mass is 242 g/mol. The van der Waals surface area contributed by atoms with Gasteiger partial charge in [0.1, 0.15) is 10.5 Å². The molecule has 0 atom stereocenters. The van der Waals surface area contributed by atoms with E-state index in [-0.39, 0.29) is 0 Å². The zero-order chi connectivity index (χ0) is 11.6. The van der Waals surface area contributed by atoms with Crippen LogP contribution in [0.3, 0.4) is 0 Å². The SMILES string of the molecule is CCCCCCC=CC=C[Si](C)(C)O[SiH3]. The Kier molecular flexibility index (Phi) is 9.05. The third-order valence-electron chi connectivity index (χ3n) is 2.50. The van der Waals surface area contributed by atoms with Gasteiger partial charge in [0.05, 0.1) is 0 Å². The van der Waals surface area contributed by atoms with Crippen LogP contribution in [-0.2, 0) is 4.12 Å². The number of unbranched alkanes of at least 4 members (excludes halogenated alkanes) is 4. The van der Waals surface area contributed by atoms with Gasteiger partial charge in [0.25, 0.3) is 0 Å². The van der Waals surface area contributed by atoms with Crippen molar-refractivity contribution in [2.45, 2.75) is 52.1 Å². The number of rotatable bonds is 8. The van der Waals surface area contributed by atoms with E-state index in [1.54, 1.807) is 0 Å². The Morgan fingerprint density at radius 1 is 1.13 bits per heavy atom. The number of hydrogen-bond acceptors (Lipinski definition) is 1. The summed E-state index contributed by atoms with van der Waals surface area (Å²) in [4.78, 5) is 0. The van der Waals surface area contributed by atoms with Crippen molar-refractivity contribution in [3.63, 3.8) is 0 Å². The Morgan fingerprint density at radius 2 is 1.87 bits per heavy atom. The van der Waals surface area contributed by atoms with E-state index < -0.39 is 8.32 Å². The van der Waals surface area contributed by atoms with Crippen LogP contribution in [0.25, 0.3) is 0 Å². The molecule has 0 aliphatic rings. The molecule has 0 N–H and O–H groups in total. The fourth-order valence-corrected chi connectivity index (χ4v) is 2.34. The normalized spacial score (nSPS) is 13.3. The van der Waals surface area contributed by atoms with E-state index in [1.807, 2.05) is 0 Å². The van der Waals surface area contributed by atoms with Crippen LogP contribution in [-0.4, -0.2) is 18.8 Å². The molecule has 0 aliphatic carbocycles. The van der Waals surface area contributed by atoms with E-state index in [0.29, 0.717) is 0 Å². The van der Waals surface area contributed by atoms with Gasteiger partial charge in [-0.05, 0) is 25.9 Å². The Balaban J connectivity index is 3.53. The van der Waals surface area contributed by atoms with Crippen molar-refractivity contribution in [3.8, 4) is 0 Å². The summed E-state index contributed by atoms with van der Waals surface area (Å²) >= 11 is 0. The summed E-state index contributed by atoms with van der Waals surface area (Å²) in [7, 11) is -0.574. The van der Waals surface area contributed by atoms with Gasteiger partial charge in [-0.15, -0.1) is 0 Å². The zero-order valence-electron chi connectivity index (χ0n) is 10.8. The van der Waals surface area contributed by atoms with Gasteiger partial charge in [0.2, 0.25) is 0 Å². The van der Waals surface area contributed by atoms with Gasteiger partial charge >= 0.3 is 0 Å². The molecule has 88 valence electrons. The minimum absolute atomic E-state index is 0.854. The van der Waals surface area contributed by atoms with E-state index >= 15 is 0 Å². The highest BCUT2D eigenvalue weighted by atomic mass is 28.4. The summed E-state index contributed by atoms with van der Waals surface area (Å²) in [6.07, 6.45) is 13.2. The molecule has 0 saturated carbocycles. The minimum atomic E-state index is -1.43. The van der Waals surface area contributed by atoms with E-state index in [0.717, 1.165) is 10.5 Å². The molecule has 3 heteroatoms. The van der Waals surface area contributed by atoms with Crippen molar-refractivity contribution in [3.05, 3.63) is 23.9 Å². The molecule has 0 amide bonds. The molecule has 15 heavy (non-hydrogen) atoms. The van der Waals surface area contributed by atoms with E-state index in [1.165, 1.54) is 32.1 Å². The first-order valence-electron chi connectivity index (χ1n) is 6.02. The molecule has 0 unspecified atom stereocenters. The van der Waals surface area contributed by atoms with Crippen LogP contribution in [0.2, 0.25) is 13.1 Å². The van der Waals surface area contributed by atoms with Gasteiger partial charge < -0.3 is 4.12 Å². The van der Waals surface area contributed by atoms with Gasteiger partial charge in [-0.3, -0.25) is 0 Å². The molecular weight excluding hydrogens is 216 g/mol. The fourth-order valence-electron chi connectivity index (χ4n) is 1.22. The first-order chi connectivity index (χ1) is 7.12. The van der Waals surface area contributed by atoms with Crippen LogP contribution in [0, 0.1) is 0 Å². The second kappa shape index (κ2) is 9.13. The lowest BCUT2D eigenvalue weighted by Crippen LogP contribution is -2.26. The van der Waals surface area contributed by atoms with Crippen LogP contribution >= 0.6 is 0 Å². The molecule has 0 heterocycles. The predicted octanol–water partition coefficient (Wildman–Crippen LogP) is 3.11. The molecule has 0 aromatic heterocycles. The summed E-state index contributed by atoms with van der Waals surface area (Å²) in [5.74, 6) is 0. The third kappa shape index (κ3) is 10.2. The van der Waals surface area contributed by atoms with Crippen molar-refractivity contribution in [2.75, 3.05) is 0 Å². The lowest BCUT2D eigenvalue weighted by molar-refractivity contribution is 0.627. The first-order valence-corrected chi connectivity index (χ1v) is 9.82. The number of hydrogen-bond donors (Lipinski definition) is 0. The van der Waals surface area contributed by atoms with Gasteiger partial charge in [0, 0.05) is 0 Å². The summed E-state index contributed by atoms with van der Waals surface area (Å²) in [5, 5.41) is 0. The largest absolute Gasteiger partial charge is 0.461 e. The highest BCUT2D eigenvalue weighted by Gasteiger charge is 2.13. The lowest BCUT2D eigenvalue weighted by Gasteiger charge is -2.14. The zero-order valence-corrected chi connectivity index (χ0v) is 13.8. The predicted molar refractivity (Wildman–Crippen MR) is 75.5 cm³/mol. The first kappa shape index (κ1) is 14.9. The standard InChI is InChI=1S/C12H26OSi2/c1-4-5-6-7-8-9-10-11-12-15(2,3)13-14/h9-12H,4-8H2,1-3,14H3. The van der Waals surface area contributed by atoms with Crippen LogP contribution in [0.1, 0.15) is 39.0 Å². The van der Waals surface area contributed by atoms with Crippen molar-refractivity contribution in [2.24, 2.45) is 0 Å². The Hall–Kier alpha value is -0.126. The van der Waals surface area contributed by atoms with E-state index in [9.17, 15) is 0 Å². The molecule has 0 aliphatic heterocycles. The average molecular weight is 243 g/mol. The summed E-state index contributed by atoms with van der Waals surface area (Å²) in [5.41, 5.74) is 2.25. The van der Waals surface area contributed by atoms with Gasteiger partial charge in [-0.1, -0.05) is 50.1 Å². The van der Waals surface area contributed by atoms with Gasteiger partial charge in [-0.25, -0.2) is 0 Å². The lowest BCUT2D eigenvalue weighted by atomic mass is 10.1.